The van der Waals surface area contributed by atoms with Crippen LogP contribution in [0.3, 0.4) is 0 Å². The number of carbonyl (C=O) groups is 1. The van der Waals surface area contributed by atoms with Gasteiger partial charge in [0.25, 0.3) is 0 Å². The molecule has 32 heavy (non-hydrogen) atoms. The van der Waals surface area contributed by atoms with Crippen LogP contribution in [0.4, 0.5) is 0 Å². The number of hydrogen-bond acceptors (Lipinski definition) is 3. The number of aryl methyl sites for hydroxylation is 2. The van der Waals surface area contributed by atoms with Crippen molar-refractivity contribution in [2.45, 2.75) is 92.8 Å². The molecule has 0 saturated carbocycles. The van der Waals surface area contributed by atoms with E-state index in [1.165, 1.54) is 5.56 Å². The predicted octanol–water partition coefficient (Wildman–Crippen LogP) is 6.45. The average Bonchev–Trinajstić information content (AvgIpc) is 2.52. The molecular formula is C27H40LiO3P. The van der Waals surface area contributed by atoms with E-state index in [9.17, 15) is 4.79 Å². The summed E-state index contributed by atoms with van der Waals surface area (Å²) < 4.78 is 12.2. The molecule has 0 aliphatic rings. The second-order valence-corrected chi connectivity index (χ2v) is 12.5. The standard InChI is InChI=1S/C27H39O3P.Li.H/c1-17-14-19(25(3,4)5)15-18(2)23(17)24(28)31-22-13-12-20(29-26(6,7)8)16-21(22)30-27(9,10)11;;/h12-16,31H,1-11H3;;. The Morgan fingerprint density at radius 1 is 0.781 bits per heavy atom. The Balaban J connectivity index is 0.00000512. The molecule has 1 unspecified atom stereocenters. The average molecular weight is 451 g/mol. The maximum absolute atomic E-state index is 13.4. The van der Waals surface area contributed by atoms with Crippen LogP contribution in [0.1, 0.15) is 89.4 Å². The van der Waals surface area contributed by atoms with Gasteiger partial charge in [-0.25, -0.2) is 0 Å². The molecule has 0 amide bonds. The van der Waals surface area contributed by atoms with E-state index in [-0.39, 0.29) is 49.6 Å². The monoisotopic (exact) mass is 450 g/mol. The fourth-order valence-electron chi connectivity index (χ4n) is 3.38. The third kappa shape index (κ3) is 8.26. The first-order valence-electron chi connectivity index (χ1n) is 10.9. The summed E-state index contributed by atoms with van der Waals surface area (Å²) in [5, 5.41) is 0.903. The molecule has 0 aliphatic carbocycles. The number of rotatable bonds is 5. The second kappa shape index (κ2) is 10.3. The summed E-state index contributed by atoms with van der Waals surface area (Å²) in [7, 11) is -0.0184. The molecule has 0 spiro atoms. The summed E-state index contributed by atoms with van der Waals surface area (Å²) in [6.07, 6.45) is 0. The van der Waals surface area contributed by atoms with E-state index in [0.717, 1.165) is 27.7 Å². The third-order valence-corrected chi connectivity index (χ3v) is 5.83. The van der Waals surface area contributed by atoms with Crippen LogP contribution >= 0.6 is 8.58 Å². The first-order chi connectivity index (χ1) is 14.0. The van der Waals surface area contributed by atoms with Gasteiger partial charge in [-0.15, -0.1) is 0 Å². The van der Waals surface area contributed by atoms with Crippen molar-refractivity contribution >= 4 is 38.3 Å². The Kier molecular flexibility index (Phi) is 9.30. The van der Waals surface area contributed by atoms with Gasteiger partial charge in [0.15, 0.2) is 5.52 Å². The van der Waals surface area contributed by atoms with Gasteiger partial charge in [0.2, 0.25) is 0 Å². The van der Waals surface area contributed by atoms with Gasteiger partial charge in [0.1, 0.15) is 22.7 Å². The normalized spacial score (nSPS) is 12.6. The molecule has 5 heteroatoms. The molecule has 0 aliphatic heterocycles. The van der Waals surface area contributed by atoms with Crippen LogP contribution in [-0.4, -0.2) is 35.6 Å². The van der Waals surface area contributed by atoms with Crippen molar-refractivity contribution < 1.29 is 14.3 Å². The zero-order valence-electron chi connectivity index (χ0n) is 21.1. The zero-order chi connectivity index (χ0) is 23.8. The van der Waals surface area contributed by atoms with Crippen molar-refractivity contribution in [1.29, 1.82) is 0 Å². The Hall–Kier alpha value is -1.26. The molecular weight excluding hydrogens is 410 g/mol. The van der Waals surface area contributed by atoms with Crippen molar-refractivity contribution in [2.75, 3.05) is 0 Å². The molecule has 0 heterocycles. The van der Waals surface area contributed by atoms with Gasteiger partial charge in [-0.1, -0.05) is 32.9 Å². The quantitative estimate of drug-likeness (QED) is 0.388. The molecule has 1 atom stereocenters. The van der Waals surface area contributed by atoms with Crippen molar-refractivity contribution in [1.82, 2.24) is 0 Å². The van der Waals surface area contributed by atoms with Crippen LogP contribution in [0.15, 0.2) is 30.3 Å². The summed E-state index contributed by atoms with van der Waals surface area (Å²) >= 11 is 0. The molecule has 0 bridgehead atoms. The zero-order valence-corrected chi connectivity index (χ0v) is 22.1. The third-order valence-electron chi connectivity index (χ3n) is 4.67. The Labute approximate surface area is 209 Å². The fraction of sp³-hybridized carbons (Fsp3) is 0.519. The van der Waals surface area contributed by atoms with Gasteiger partial charge >= 0.3 is 18.9 Å². The minimum atomic E-state index is -0.372. The van der Waals surface area contributed by atoms with E-state index < -0.39 is 0 Å². The summed E-state index contributed by atoms with van der Waals surface area (Å²) in [5.74, 6) is 1.46. The van der Waals surface area contributed by atoms with Crippen LogP contribution in [0, 0.1) is 13.8 Å². The Bertz CT molecular complexity index is 937. The van der Waals surface area contributed by atoms with Crippen LogP contribution in [0.5, 0.6) is 11.5 Å². The Morgan fingerprint density at radius 3 is 1.72 bits per heavy atom. The van der Waals surface area contributed by atoms with E-state index >= 15 is 0 Å². The summed E-state index contributed by atoms with van der Waals surface area (Å²) in [6.45, 7) is 22.7. The van der Waals surface area contributed by atoms with Gasteiger partial charge in [0, 0.05) is 16.9 Å². The Morgan fingerprint density at radius 2 is 1.28 bits per heavy atom. The van der Waals surface area contributed by atoms with Gasteiger partial charge in [0.05, 0.1) is 0 Å². The van der Waals surface area contributed by atoms with Crippen LogP contribution in [0.25, 0.3) is 0 Å². The summed E-state index contributed by atoms with van der Waals surface area (Å²) in [4.78, 5) is 13.4. The van der Waals surface area contributed by atoms with E-state index in [1.807, 2.05) is 73.6 Å². The molecule has 0 fully saturated rings. The van der Waals surface area contributed by atoms with E-state index in [4.69, 9.17) is 9.47 Å². The molecule has 0 radical (unpaired) electrons. The van der Waals surface area contributed by atoms with Gasteiger partial charge in [-0.05, 0) is 98.2 Å². The maximum atomic E-state index is 13.4. The number of ether oxygens (including phenoxy) is 2. The summed E-state index contributed by atoms with van der Waals surface area (Å²) in [6, 6.07) is 10.1. The van der Waals surface area contributed by atoms with Crippen molar-refractivity contribution in [3.05, 3.63) is 52.6 Å². The molecule has 3 nitrogen and oxygen atoms in total. The number of hydrogen-bond donors (Lipinski definition) is 0. The van der Waals surface area contributed by atoms with E-state index in [2.05, 4.69) is 32.9 Å². The van der Waals surface area contributed by atoms with Crippen molar-refractivity contribution in [3.8, 4) is 11.5 Å². The molecule has 0 saturated heterocycles. The minimum absolute atomic E-state index is 0. The molecule has 0 N–H and O–H groups in total. The van der Waals surface area contributed by atoms with Crippen LogP contribution < -0.4 is 14.8 Å². The van der Waals surface area contributed by atoms with Gasteiger partial charge in [-0.2, -0.15) is 0 Å². The molecule has 2 rings (SSSR count). The number of carbonyl (C=O) groups excluding carboxylic acids is 1. The topological polar surface area (TPSA) is 35.5 Å². The number of benzene rings is 2. The molecule has 2 aromatic rings. The van der Waals surface area contributed by atoms with E-state index in [0.29, 0.717) is 5.75 Å². The molecule has 2 aromatic carbocycles. The van der Waals surface area contributed by atoms with Gasteiger partial charge < -0.3 is 9.47 Å². The molecule has 172 valence electrons. The SMILES string of the molecule is Cc1cc(C(C)(C)C)cc(C)c1C(=O)Pc1ccc(OC(C)(C)C)cc1OC(C)(C)C.[LiH]. The van der Waals surface area contributed by atoms with Crippen LogP contribution in [-0.2, 0) is 5.41 Å². The van der Waals surface area contributed by atoms with E-state index in [1.54, 1.807) is 0 Å². The first kappa shape index (κ1) is 28.8. The first-order valence-corrected chi connectivity index (χ1v) is 11.9. The van der Waals surface area contributed by atoms with Crippen molar-refractivity contribution in [2.24, 2.45) is 0 Å². The molecule has 0 aromatic heterocycles. The van der Waals surface area contributed by atoms with Crippen molar-refractivity contribution in [3.63, 3.8) is 0 Å². The second-order valence-electron chi connectivity index (χ2n) is 11.3. The van der Waals surface area contributed by atoms with Gasteiger partial charge in [-0.3, -0.25) is 4.79 Å². The van der Waals surface area contributed by atoms with Crippen LogP contribution in [0.2, 0.25) is 0 Å². The summed E-state index contributed by atoms with van der Waals surface area (Å²) in [5.41, 5.74) is 3.66. The fourth-order valence-corrected chi connectivity index (χ4v) is 4.55. The predicted molar refractivity (Wildman–Crippen MR) is 141 cm³/mol.